The number of nitrogens with zero attached hydrogens (tertiary/aromatic N) is 2. The second kappa shape index (κ2) is 6.14. The third kappa shape index (κ3) is 3.11. The molecule has 2 nitrogen and oxygen atoms in total. The molecule has 0 spiro atoms. The molecule has 1 aromatic rings. The second-order valence-electron chi connectivity index (χ2n) is 5.90. The van der Waals surface area contributed by atoms with Crippen molar-refractivity contribution in [1.82, 2.24) is 9.97 Å². The first kappa shape index (κ1) is 14.0. The van der Waals surface area contributed by atoms with Crippen LogP contribution >= 0.6 is 15.9 Å². The quantitative estimate of drug-likeness (QED) is 0.750. The Labute approximate surface area is 119 Å². The molecule has 0 amide bonds. The number of alkyl halides is 1. The lowest BCUT2D eigenvalue weighted by atomic mass is 9.82. The fraction of sp³-hybridized carbons (Fsp3) is 0.733. The van der Waals surface area contributed by atoms with E-state index in [1.807, 2.05) is 6.20 Å². The Balaban J connectivity index is 2.25. The molecule has 0 aliphatic heterocycles. The van der Waals surface area contributed by atoms with Crippen LogP contribution in [-0.4, -0.2) is 9.97 Å². The first-order valence-corrected chi connectivity index (χ1v) is 8.15. The van der Waals surface area contributed by atoms with E-state index < -0.39 is 0 Å². The van der Waals surface area contributed by atoms with Gasteiger partial charge in [0.25, 0.3) is 0 Å². The van der Waals surface area contributed by atoms with Gasteiger partial charge >= 0.3 is 0 Å². The van der Waals surface area contributed by atoms with Gasteiger partial charge in [0.1, 0.15) is 5.82 Å². The van der Waals surface area contributed by atoms with Crippen LogP contribution in [0.1, 0.15) is 75.4 Å². The Hall–Kier alpha value is -0.440. The number of hydrogen-bond donors (Lipinski definition) is 0. The fourth-order valence-corrected chi connectivity index (χ4v) is 3.33. The van der Waals surface area contributed by atoms with Gasteiger partial charge in [-0.2, -0.15) is 0 Å². The monoisotopic (exact) mass is 310 g/mol. The summed E-state index contributed by atoms with van der Waals surface area (Å²) in [6.45, 7) is 6.77. The van der Waals surface area contributed by atoms with Gasteiger partial charge in [-0.05, 0) is 24.7 Å². The van der Waals surface area contributed by atoms with Crippen LogP contribution in [0.15, 0.2) is 6.20 Å². The van der Waals surface area contributed by atoms with Gasteiger partial charge in [0.2, 0.25) is 0 Å². The van der Waals surface area contributed by atoms with Crippen molar-refractivity contribution in [2.75, 3.05) is 0 Å². The molecule has 2 atom stereocenters. The smallest absolute Gasteiger partial charge is 0.131 e. The molecule has 1 aliphatic rings. The van der Waals surface area contributed by atoms with E-state index in [-0.39, 0.29) is 0 Å². The lowest BCUT2D eigenvalue weighted by molar-refractivity contribution is 0.334. The van der Waals surface area contributed by atoms with Crippen LogP contribution in [0.25, 0.3) is 0 Å². The minimum atomic E-state index is 0.473. The largest absolute Gasteiger partial charge is 0.241 e. The molecule has 0 bridgehead atoms. The summed E-state index contributed by atoms with van der Waals surface area (Å²) in [5, 5.41) is 0.849. The zero-order chi connectivity index (χ0) is 13.1. The third-order valence-electron chi connectivity index (χ3n) is 3.91. The molecule has 100 valence electrons. The number of hydrogen-bond acceptors (Lipinski definition) is 2. The molecule has 0 saturated heterocycles. The fourth-order valence-electron chi connectivity index (χ4n) is 2.90. The van der Waals surface area contributed by atoms with Crippen molar-refractivity contribution in [2.24, 2.45) is 5.92 Å². The van der Waals surface area contributed by atoms with Gasteiger partial charge in [-0.25, -0.2) is 9.97 Å². The molecule has 0 N–H and O–H groups in total. The van der Waals surface area contributed by atoms with E-state index >= 15 is 0 Å². The van der Waals surface area contributed by atoms with Crippen LogP contribution < -0.4 is 0 Å². The van der Waals surface area contributed by atoms with E-state index in [1.54, 1.807) is 0 Å². The first-order chi connectivity index (χ1) is 8.61. The standard InChI is InChI=1S/C15H23BrN2/c1-10(2)14-13(8-16)9-17-15(18-14)12-6-4-5-11(3)7-12/h9-12H,4-8H2,1-3H3. The highest BCUT2D eigenvalue weighted by Crippen LogP contribution is 2.35. The van der Waals surface area contributed by atoms with E-state index in [4.69, 9.17) is 4.98 Å². The van der Waals surface area contributed by atoms with E-state index in [9.17, 15) is 0 Å². The summed E-state index contributed by atoms with van der Waals surface area (Å²) in [5.41, 5.74) is 2.45. The van der Waals surface area contributed by atoms with Crippen LogP contribution in [0.2, 0.25) is 0 Å². The molecule has 0 radical (unpaired) electrons. The molecule has 1 heterocycles. The van der Waals surface area contributed by atoms with Crippen LogP contribution in [-0.2, 0) is 5.33 Å². The average molecular weight is 311 g/mol. The van der Waals surface area contributed by atoms with Gasteiger partial charge < -0.3 is 0 Å². The van der Waals surface area contributed by atoms with Gasteiger partial charge in [-0.15, -0.1) is 0 Å². The summed E-state index contributed by atoms with van der Waals surface area (Å²) in [4.78, 5) is 9.47. The van der Waals surface area contributed by atoms with Gasteiger partial charge in [-0.3, -0.25) is 0 Å². The first-order valence-electron chi connectivity index (χ1n) is 7.03. The molecular weight excluding hydrogens is 288 g/mol. The summed E-state index contributed by atoms with van der Waals surface area (Å²) in [7, 11) is 0. The topological polar surface area (TPSA) is 25.8 Å². The zero-order valence-corrected chi connectivity index (χ0v) is 13.2. The normalized spacial score (nSPS) is 24.5. The van der Waals surface area contributed by atoms with E-state index in [1.165, 1.54) is 36.9 Å². The Kier molecular flexibility index (Phi) is 4.77. The lowest BCUT2D eigenvalue weighted by Gasteiger charge is -2.26. The molecule has 1 saturated carbocycles. The highest BCUT2D eigenvalue weighted by Gasteiger charge is 2.23. The van der Waals surface area contributed by atoms with Gasteiger partial charge in [0.15, 0.2) is 0 Å². The highest BCUT2D eigenvalue weighted by molar-refractivity contribution is 9.08. The van der Waals surface area contributed by atoms with Crippen LogP contribution in [0.4, 0.5) is 0 Å². The number of rotatable bonds is 3. The maximum absolute atomic E-state index is 4.86. The van der Waals surface area contributed by atoms with Crippen molar-refractivity contribution in [2.45, 2.75) is 63.6 Å². The Bertz CT molecular complexity index is 403. The lowest BCUT2D eigenvalue weighted by Crippen LogP contribution is -2.16. The van der Waals surface area contributed by atoms with Gasteiger partial charge in [0, 0.05) is 23.0 Å². The van der Waals surface area contributed by atoms with Crippen molar-refractivity contribution < 1.29 is 0 Å². The summed E-state index contributed by atoms with van der Waals surface area (Å²) < 4.78 is 0. The number of aromatic nitrogens is 2. The highest BCUT2D eigenvalue weighted by atomic mass is 79.9. The third-order valence-corrected chi connectivity index (χ3v) is 4.51. The SMILES string of the molecule is CC1CCCC(c2ncc(CBr)c(C(C)C)n2)C1. The molecule has 1 aromatic heterocycles. The molecule has 3 heteroatoms. The Morgan fingerprint density at radius 1 is 1.39 bits per heavy atom. The minimum Gasteiger partial charge on any atom is -0.241 e. The average Bonchev–Trinajstić information content (AvgIpc) is 2.38. The maximum Gasteiger partial charge on any atom is 0.131 e. The van der Waals surface area contributed by atoms with E-state index in [0.717, 1.165) is 17.1 Å². The van der Waals surface area contributed by atoms with Gasteiger partial charge in [-0.1, -0.05) is 49.5 Å². The van der Waals surface area contributed by atoms with Crippen LogP contribution in [0, 0.1) is 5.92 Å². The summed E-state index contributed by atoms with van der Waals surface area (Å²) in [5.74, 6) is 2.96. The molecule has 1 fully saturated rings. The second-order valence-corrected chi connectivity index (χ2v) is 6.46. The molecule has 18 heavy (non-hydrogen) atoms. The Morgan fingerprint density at radius 3 is 2.78 bits per heavy atom. The molecule has 1 aliphatic carbocycles. The van der Waals surface area contributed by atoms with Crippen LogP contribution in [0.3, 0.4) is 0 Å². The van der Waals surface area contributed by atoms with Crippen LogP contribution in [0.5, 0.6) is 0 Å². The van der Waals surface area contributed by atoms with E-state index in [0.29, 0.717) is 11.8 Å². The van der Waals surface area contributed by atoms with Crippen molar-refractivity contribution in [3.63, 3.8) is 0 Å². The number of halogens is 1. The molecule has 2 unspecified atom stereocenters. The maximum atomic E-state index is 4.86. The summed E-state index contributed by atoms with van der Waals surface area (Å²) in [6.07, 6.45) is 7.23. The Morgan fingerprint density at radius 2 is 2.17 bits per heavy atom. The predicted molar refractivity (Wildman–Crippen MR) is 79.1 cm³/mol. The molecular formula is C15H23BrN2. The summed E-state index contributed by atoms with van der Waals surface area (Å²) in [6, 6.07) is 0. The van der Waals surface area contributed by atoms with E-state index in [2.05, 4.69) is 41.7 Å². The van der Waals surface area contributed by atoms with Crippen molar-refractivity contribution in [1.29, 1.82) is 0 Å². The van der Waals surface area contributed by atoms with Crippen molar-refractivity contribution >= 4 is 15.9 Å². The minimum absolute atomic E-state index is 0.473. The predicted octanol–water partition coefficient (Wildman–Crippen LogP) is 4.79. The van der Waals surface area contributed by atoms with Crippen molar-refractivity contribution in [3.05, 3.63) is 23.3 Å². The van der Waals surface area contributed by atoms with Crippen molar-refractivity contribution in [3.8, 4) is 0 Å². The molecule has 2 rings (SSSR count). The molecule has 0 aromatic carbocycles. The summed E-state index contributed by atoms with van der Waals surface area (Å²) >= 11 is 3.53. The van der Waals surface area contributed by atoms with Gasteiger partial charge in [0.05, 0.1) is 5.69 Å². The zero-order valence-electron chi connectivity index (χ0n) is 11.6.